The molecule has 1 aliphatic carbocycles. The highest BCUT2D eigenvalue weighted by molar-refractivity contribution is 14.0. The summed E-state index contributed by atoms with van der Waals surface area (Å²) in [6.07, 6.45) is 4.64. The van der Waals surface area contributed by atoms with Crippen molar-refractivity contribution >= 4 is 41.3 Å². The van der Waals surface area contributed by atoms with Crippen LogP contribution >= 0.6 is 35.3 Å². The predicted octanol–water partition coefficient (Wildman–Crippen LogP) is 3.33. The molecular formula is C18H29IN6O2S. The minimum Gasteiger partial charge on any atom is -0.371 e. The third-order valence-corrected chi connectivity index (χ3v) is 5.64. The van der Waals surface area contributed by atoms with Crippen LogP contribution in [-0.4, -0.2) is 46.7 Å². The van der Waals surface area contributed by atoms with Gasteiger partial charge in [0.1, 0.15) is 11.1 Å². The van der Waals surface area contributed by atoms with Crippen LogP contribution in [0.5, 0.6) is 0 Å². The van der Waals surface area contributed by atoms with Crippen molar-refractivity contribution in [3.63, 3.8) is 0 Å². The fraction of sp³-hybridized carbons (Fsp3) is 0.667. The summed E-state index contributed by atoms with van der Waals surface area (Å²) in [4.78, 5) is 17.0. The Morgan fingerprint density at radius 1 is 1.36 bits per heavy atom. The summed E-state index contributed by atoms with van der Waals surface area (Å²) in [6.45, 7) is 5.61. The van der Waals surface area contributed by atoms with Gasteiger partial charge in [0.15, 0.2) is 11.8 Å². The van der Waals surface area contributed by atoms with E-state index in [0.29, 0.717) is 24.9 Å². The number of ether oxygens (including phenoxy) is 1. The Morgan fingerprint density at radius 2 is 2.14 bits per heavy atom. The van der Waals surface area contributed by atoms with Gasteiger partial charge in [-0.2, -0.15) is 4.98 Å². The van der Waals surface area contributed by atoms with E-state index in [4.69, 9.17) is 14.2 Å². The summed E-state index contributed by atoms with van der Waals surface area (Å²) in [6, 6.07) is 0. The Labute approximate surface area is 187 Å². The molecule has 1 unspecified atom stereocenters. The average molecular weight is 520 g/mol. The van der Waals surface area contributed by atoms with Gasteiger partial charge in [-0.25, -0.2) is 4.98 Å². The predicted molar refractivity (Wildman–Crippen MR) is 120 cm³/mol. The largest absolute Gasteiger partial charge is 0.371 e. The maximum absolute atomic E-state index is 5.48. The molecule has 1 N–H and O–H groups in total. The number of hydrogen-bond acceptors (Lipinski definition) is 7. The number of nitrogens with one attached hydrogen (secondary N) is 1. The Balaban J connectivity index is 0.00000280. The summed E-state index contributed by atoms with van der Waals surface area (Å²) < 4.78 is 10.8. The quantitative estimate of drug-likeness (QED) is 0.341. The van der Waals surface area contributed by atoms with E-state index in [1.807, 2.05) is 32.2 Å². The van der Waals surface area contributed by atoms with Crippen LogP contribution in [0.25, 0.3) is 0 Å². The SMILES string of the molecule is CCOC(C)c1noc(CNC(=NC)N(C)Cc2nc3c(s2)CCCC3)n1.I. The van der Waals surface area contributed by atoms with Crippen LogP contribution in [0.2, 0.25) is 0 Å². The molecule has 1 aliphatic rings. The maximum Gasteiger partial charge on any atom is 0.246 e. The van der Waals surface area contributed by atoms with Crippen LogP contribution in [0, 0.1) is 0 Å². The lowest BCUT2D eigenvalue weighted by molar-refractivity contribution is 0.0683. The van der Waals surface area contributed by atoms with Crippen molar-refractivity contribution in [3.8, 4) is 0 Å². The topological polar surface area (TPSA) is 88.7 Å². The van der Waals surface area contributed by atoms with Crippen molar-refractivity contribution in [1.29, 1.82) is 0 Å². The number of aromatic nitrogens is 3. The molecule has 0 radical (unpaired) electrons. The molecule has 0 amide bonds. The lowest BCUT2D eigenvalue weighted by Gasteiger charge is -2.20. The van der Waals surface area contributed by atoms with Gasteiger partial charge in [-0.1, -0.05) is 5.16 Å². The number of aliphatic imine (C=N–C) groups is 1. The molecule has 0 fully saturated rings. The molecule has 10 heteroatoms. The first kappa shape index (κ1) is 23.0. The smallest absolute Gasteiger partial charge is 0.246 e. The minimum atomic E-state index is -0.176. The highest BCUT2D eigenvalue weighted by Crippen LogP contribution is 2.27. The van der Waals surface area contributed by atoms with Crippen molar-refractivity contribution in [2.24, 2.45) is 4.99 Å². The van der Waals surface area contributed by atoms with Gasteiger partial charge < -0.3 is 19.5 Å². The highest BCUT2D eigenvalue weighted by atomic mass is 127. The van der Waals surface area contributed by atoms with Gasteiger partial charge in [0.2, 0.25) is 5.89 Å². The fourth-order valence-electron chi connectivity index (χ4n) is 3.12. The number of nitrogens with zero attached hydrogens (tertiary/aromatic N) is 5. The van der Waals surface area contributed by atoms with Crippen LogP contribution in [0.4, 0.5) is 0 Å². The molecule has 2 heterocycles. The Morgan fingerprint density at radius 3 is 2.86 bits per heavy atom. The van der Waals surface area contributed by atoms with Crippen molar-refractivity contribution in [3.05, 3.63) is 27.3 Å². The second-order valence-corrected chi connectivity index (χ2v) is 7.75. The molecule has 0 aromatic carbocycles. The van der Waals surface area contributed by atoms with Gasteiger partial charge in [-0.05, 0) is 39.5 Å². The monoisotopic (exact) mass is 520 g/mol. The van der Waals surface area contributed by atoms with Crippen LogP contribution < -0.4 is 5.32 Å². The van der Waals surface area contributed by atoms with E-state index in [0.717, 1.165) is 23.9 Å². The zero-order valence-corrected chi connectivity index (χ0v) is 20.0. The molecule has 28 heavy (non-hydrogen) atoms. The zero-order chi connectivity index (χ0) is 19.2. The molecule has 2 aromatic rings. The number of halogens is 1. The van der Waals surface area contributed by atoms with E-state index in [9.17, 15) is 0 Å². The fourth-order valence-corrected chi connectivity index (χ4v) is 4.33. The Kier molecular flexibility index (Phi) is 9.09. The van der Waals surface area contributed by atoms with E-state index in [1.165, 1.54) is 29.8 Å². The van der Waals surface area contributed by atoms with Crippen molar-refractivity contribution in [2.45, 2.75) is 58.7 Å². The maximum atomic E-state index is 5.48. The molecule has 8 nitrogen and oxygen atoms in total. The summed E-state index contributed by atoms with van der Waals surface area (Å²) >= 11 is 1.83. The number of fused-ring (bicyclic) bond motifs is 1. The highest BCUT2D eigenvalue weighted by Gasteiger charge is 2.18. The number of guanidine groups is 1. The normalized spacial score (nSPS) is 14.9. The second kappa shape index (κ2) is 11.1. The average Bonchev–Trinajstić information content (AvgIpc) is 3.28. The van der Waals surface area contributed by atoms with Crippen molar-refractivity contribution < 1.29 is 9.26 Å². The summed E-state index contributed by atoms with van der Waals surface area (Å²) in [7, 11) is 3.77. The summed E-state index contributed by atoms with van der Waals surface area (Å²) in [5.41, 5.74) is 1.29. The molecule has 0 spiro atoms. The molecule has 3 rings (SSSR count). The van der Waals surface area contributed by atoms with E-state index >= 15 is 0 Å². The number of rotatable bonds is 7. The molecule has 0 saturated heterocycles. The third kappa shape index (κ3) is 5.86. The zero-order valence-electron chi connectivity index (χ0n) is 16.9. The first-order chi connectivity index (χ1) is 13.1. The second-order valence-electron chi connectivity index (χ2n) is 6.59. The third-order valence-electron chi connectivity index (χ3n) is 4.50. The summed E-state index contributed by atoms with van der Waals surface area (Å²) in [5, 5.41) is 8.38. The minimum absolute atomic E-state index is 0. The van der Waals surface area contributed by atoms with Gasteiger partial charge in [0.25, 0.3) is 0 Å². The van der Waals surface area contributed by atoms with Crippen LogP contribution in [0.15, 0.2) is 9.52 Å². The standard InChI is InChI=1S/C18H28N6O2S.HI/c1-5-25-12(2)17-22-15(26-23-17)10-20-18(19-3)24(4)11-16-21-13-8-6-7-9-14(13)27-16;/h12H,5-11H2,1-4H3,(H,19,20);1H. The molecular weight excluding hydrogens is 491 g/mol. The molecule has 1 atom stereocenters. The van der Waals surface area contributed by atoms with Crippen LogP contribution in [0.3, 0.4) is 0 Å². The van der Waals surface area contributed by atoms with Crippen molar-refractivity contribution in [1.82, 2.24) is 25.3 Å². The first-order valence-electron chi connectivity index (χ1n) is 9.44. The van der Waals surface area contributed by atoms with Gasteiger partial charge >= 0.3 is 0 Å². The van der Waals surface area contributed by atoms with E-state index in [2.05, 4.69) is 25.3 Å². The molecule has 0 bridgehead atoms. The lowest BCUT2D eigenvalue weighted by Crippen LogP contribution is -2.38. The van der Waals surface area contributed by atoms with Crippen molar-refractivity contribution in [2.75, 3.05) is 20.7 Å². The molecule has 156 valence electrons. The molecule has 0 aliphatic heterocycles. The van der Waals surface area contributed by atoms with Crippen LogP contribution in [0.1, 0.15) is 60.1 Å². The van der Waals surface area contributed by atoms with E-state index in [1.54, 1.807) is 7.05 Å². The van der Waals surface area contributed by atoms with E-state index in [-0.39, 0.29) is 30.1 Å². The number of hydrogen-bond donors (Lipinski definition) is 1. The number of aryl methyl sites for hydroxylation is 2. The molecule has 2 aromatic heterocycles. The Hall–Kier alpha value is -1.27. The van der Waals surface area contributed by atoms with Gasteiger partial charge in [0, 0.05) is 25.6 Å². The Bertz CT molecular complexity index is 754. The van der Waals surface area contributed by atoms with Gasteiger partial charge in [-0.15, -0.1) is 35.3 Å². The van der Waals surface area contributed by atoms with Gasteiger partial charge in [0.05, 0.1) is 18.8 Å². The van der Waals surface area contributed by atoms with Gasteiger partial charge in [-0.3, -0.25) is 4.99 Å². The summed E-state index contributed by atoms with van der Waals surface area (Å²) in [5.74, 6) is 1.84. The molecule has 0 saturated carbocycles. The van der Waals surface area contributed by atoms with Crippen LogP contribution in [-0.2, 0) is 30.7 Å². The lowest BCUT2D eigenvalue weighted by atomic mass is 10.0. The van der Waals surface area contributed by atoms with E-state index < -0.39 is 0 Å². The number of thiazole rings is 1. The first-order valence-corrected chi connectivity index (χ1v) is 10.3.